The molecular weight excluding hydrogens is 164 g/mol. The van der Waals surface area contributed by atoms with Crippen LogP contribution in [0.2, 0.25) is 0 Å². The van der Waals surface area contributed by atoms with E-state index in [1.807, 2.05) is 6.92 Å². The minimum absolute atomic E-state index is 0.0941. The van der Waals surface area contributed by atoms with E-state index >= 15 is 0 Å². The maximum atomic E-state index is 5.73. The number of hydrogen-bond acceptors (Lipinski definition) is 2. The summed E-state index contributed by atoms with van der Waals surface area (Å²) in [5.41, 5.74) is 0. The highest BCUT2D eigenvalue weighted by Gasteiger charge is 2.24. The average Bonchev–Trinajstić information content (AvgIpc) is 2.54. The highest BCUT2D eigenvalue weighted by molar-refractivity contribution is 4.68. The molecule has 0 amide bonds. The predicted octanol–water partition coefficient (Wildman–Crippen LogP) is 3.11. The summed E-state index contributed by atoms with van der Waals surface area (Å²) in [7, 11) is 0. The minimum Gasteiger partial charge on any atom is -0.353 e. The van der Waals surface area contributed by atoms with E-state index in [1.54, 1.807) is 0 Å². The number of unbranched alkanes of at least 4 members (excludes halogenated alkanes) is 2. The van der Waals surface area contributed by atoms with Crippen LogP contribution >= 0.6 is 0 Å². The molecule has 0 spiro atoms. The Kier molecular flexibility index (Phi) is 5.40. The largest absolute Gasteiger partial charge is 0.353 e. The van der Waals surface area contributed by atoms with E-state index in [9.17, 15) is 0 Å². The van der Waals surface area contributed by atoms with Crippen LogP contribution in [0.1, 0.15) is 52.4 Å². The van der Waals surface area contributed by atoms with Gasteiger partial charge in [-0.05, 0) is 19.8 Å². The lowest BCUT2D eigenvalue weighted by molar-refractivity contribution is -0.131. The molecule has 0 aromatic heterocycles. The molecule has 1 aliphatic rings. The van der Waals surface area contributed by atoms with Crippen LogP contribution in [-0.2, 0) is 9.47 Å². The third kappa shape index (κ3) is 4.10. The first-order valence-electron chi connectivity index (χ1n) is 5.63. The molecule has 0 aromatic rings. The fourth-order valence-electron chi connectivity index (χ4n) is 1.82. The molecule has 0 N–H and O–H groups in total. The molecule has 2 nitrogen and oxygen atoms in total. The lowest BCUT2D eigenvalue weighted by Crippen LogP contribution is -2.14. The molecular formula is C11H22O2. The van der Waals surface area contributed by atoms with Gasteiger partial charge in [0.05, 0.1) is 6.10 Å². The number of hydrogen-bond donors (Lipinski definition) is 0. The zero-order valence-corrected chi connectivity index (χ0v) is 8.92. The Morgan fingerprint density at radius 2 is 2.08 bits per heavy atom. The zero-order chi connectivity index (χ0) is 9.52. The van der Waals surface area contributed by atoms with Crippen molar-refractivity contribution in [2.24, 2.45) is 0 Å². The summed E-state index contributed by atoms with van der Waals surface area (Å²) in [6.45, 7) is 5.03. The second-order valence-corrected chi connectivity index (χ2v) is 3.72. The molecule has 0 bridgehead atoms. The van der Waals surface area contributed by atoms with Crippen molar-refractivity contribution < 1.29 is 9.47 Å². The first-order chi connectivity index (χ1) is 6.36. The highest BCUT2D eigenvalue weighted by Crippen LogP contribution is 2.24. The van der Waals surface area contributed by atoms with E-state index in [2.05, 4.69) is 6.92 Å². The summed E-state index contributed by atoms with van der Waals surface area (Å²) < 4.78 is 11.1. The summed E-state index contributed by atoms with van der Waals surface area (Å²) in [6.07, 6.45) is 8.00. The third-order valence-corrected chi connectivity index (χ3v) is 2.55. The zero-order valence-electron chi connectivity index (χ0n) is 8.92. The Bertz CT molecular complexity index is 125. The SMILES string of the molecule is CCCCCC1CCC(OCC)O1. The van der Waals surface area contributed by atoms with Crippen molar-refractivity contribution in [1.29, 1.82) is 0 Å². The van der Waals surface area contributed by atoms with E-state index < -0.39 is 0 Å². The number of ether oxygens (including phenoxy) is 2. The molecule has 1 aliphatic heterocycles. The van der Waals surface area contributed by atoms with Gasteiger partial charge in [-0.2, -0.15) is 0 Å². The van der Waals surface area contributed by atoms with Crippen LogP contribution in [0.4, 0.5) is 0 Å². The van der Waals surface area contributed by atoms with Gasteiger partial charge in [-0.15, -0.1) is 0 Å². The molecule has 2 unspecified atom stereocenters. The van der Waals surface area contributed by atoms with Gasteiger partial charge in [-0.3, -0.25) is 0 Å². The normalized spacial score (nSPS) is 28.2. The molecule has 78 valence electrons. The molecule has 1 fully saturated rings. The van der Waals surface area contributed by atoms with Gasteiger partial charge in [0.25, 0.3) is 0 Å². The summed E-state index contributed by atoms with van der Waals surface area (Å²) in [4.78, 5) is 0. The summed E-state index contributed by atoms with van der Waals surface area (Å²) >= 11 is 0. The molecule has 0 aliphatic carbocycles. The fraction of sp³-hybridized carbons (Fsp3) is 1.00. The Morgan fingerprint density at radius 3 is 2.77 bits per heavy atom. The van der Waals surface area contributed by atoms with Gasteiger partial charge in [-0.1, -0.05) is 26.2 Å². The van der Waals surface area contributed by atoms with Gasteiger partial charge in [0.15, 0.2) is 6.29 Å². The van der Waals surface area contributed by atoms with E-state index in [1.165, 1.54) is 32.1 Å². The van der Waals surface area contributed by atoms with E-state index in [0.717, 1.165) is 13.0 Å². The highest BCUT2D eigenvalue weighted by atomic mass is 16.7. The monoisotopic (exact) mass is 186 g/mol. The van der Waals surface area contributed by atoms with Gasteiger partial charge in [0.1, 0.15) is 0 Å². The Morgan fingerprint density at radius 1 is 1.23 bits per heavy atom. The van der Waals surface area contributed by atoms with Crippen LogP contribution in [0.5, 0.6) is 0 Å². The van der Waals surface area contributed by atoms with E-state index in [-0.39, 0.29) is 6.29 Å². The molecule has 0 aromatic carbocycles. The van der Waals surface area contributed by atoms with Crippen molar-refractivity contribution in [3.05, 3.63) is 0 Å². The van der Waals surface area contributed by atoms with Crippen molar-refractivity contribution in [2.45, 2.75) is 64.8 Å². The topological polar surface area (TPSA) is 18.5 Å². The Balaban J connectivity index is 2.03. The summed E-state index contributed by atoms with van der Waals surface area (Å²) in [5, 5.41) is 0. The van der Waals surface area contributed by atoms with Gasteiger partial charge in [0.2, 0.25) is 0 Å². The average molecular weight is 186 g/mol. The van der Waals surface area contributed by atoms with Crippen LogP contribution in [0.25, 0.3) is 0 Å². The van der Waals surface area contributed by atoms with E-state index in [0.29, 0.717) is 6.10 Å². The second-order valence-electron chi connectivity index (χ2n) is 3.72. The molecule has 13 heavy (non-hydrogen) atoms. The Labute approximate surface area is 81.6 Å². The van der Waals surface area contributed by atoms with Gasteiger partial charge in [0, 0.05) is 13.0 Å². The standard InChI is InChI=1S/C11H22O2/c1-3-5-6-7-10-8-9-11(13-10)12-4-2/h10-11H,3-9H2,1-2H3. The molecule has 2 heteroatoms. The van der Waals surface area contributed by atoms with Crippen molar-refractivity contribution in [1.82, 2.24) is 0 Å². The maximum Gasteiger partial charge on any atom is 0.158 e. The summed E-state index contributed by atoms with van der Waals surface area (Å²) in [6, 6.07) is 0. The summed E-state index contributed by atoms with van der Waals surface area (Å²) in [5.74, 6) is 0. The van der Waals surface area contributed by atoms with E-state index in [4.69, 9.17) is 9.47 Å². The molecule has 0 saturated carbocycles. The minimum atomic E-state index is 0.0941. The van der Waals surface area contributed by atoms with Crippen LogP contribution in [-0.4, -0.2) is 19.0 Å². The molecule has 1 rings (SSSR count). The smallest absolute Gasteiger partial charge is 0.158 e. The maximum absolute atomic E-state index is 5.73. The Hall–Kier alpha value is -0.0800. The van der Waals surface area contributed by atoms with Gasteiger partial charge >= 0.3 is 0 Å². The van der Waals surface area contributed by atoms with Crippen LogP contribution in [0.3, 0.4) is 0 Å². The van der Waals surface area contributed by atoms with Gasteiger partial charge in [-0.25, -0.2) is 0 Å². The second kappa shape index (κ2) is 6.39. The van der Waals surface area contributed by atoms with Crippen molar-refractivity contribution in [3.63, 3.8) is 0 Å². The molecule has 0 radical (unpaired) electrons. The molecule has 1 saturated heterocycles. The fourth-order valence-corrected chi connectivity index (χ4v) is 1.82. The van der Waals surface area contributed by atoms with Crippen LogP contribution in [0.15, 0.2) is 0 Å². The van der Waals surface area contributed by atoms with Crippen molar-refractivity contribution in [2.75, 3.05) is 6.61 Å². The first kappa shape index (κ1) is 11.0. The quantitative estimate of drug-likeness (QED) is 0.593. The van der Waals surface area contributed by atoms with Crippen molar-refractivity contribution in [3.8, 4) is 0 Å². The van der Waals surface area contributed by atoms with Crippen LogP contribution < -0.4 is 0 Å². The van der Waals surface area contributed by atoms with Crippen molar-refractivity contribution >= 4 is 0 Å². The number of rotatable bonds is 6. The molecule has 2 atom stereocenters. The van der Waals surface area contributed by atoms with Gasteiger partial charge < -0.3 is 9.47 Å². The first-order valence-corrected chi connectivity index (χ1v) is 5.63. The third-order valence-electron chi connectivity index (χ3n) is 2.55. The lowest BCUT2D eigenvalue weighted by atomic mass is 10.1. The predicted molar refractivity (Wildman–Crippen MR) is 53.7 cm³/mol. The molecule has 1 heterocycles. The lowest BCUT2D eigenvalue weighted by Gasteiger charge is -2.12. The van der Waals surface area contributed by atoms with Crippen LogP contribution in [0, 0.1) is 0 Å².